The highest BCUT2D eigenvalue weighted by molar-refractivity contribution is 6.31. The molecule has 0 spiro atoms. The molecular weight excluding hydrogens is 561 g/mol. The largest absolute Gasteiger partial charge is 0.573 e. The van der Waals surface area contributed by atoms with Crippen molar-refractivity contribution in [1.82, 2.24) is 14.4 Å². The van der Waals surface area contributed by atoms with Crippen LogP contribution in [0.15, 0.2) is 60.8 Å². The summed E-state index contributed by atoms with van der Waals surface area (Å²) in [5.41, 5.74) is 13.1. The van der Waals surface area contributed by atoms with Gasteiger partial charge in [-0.25, -0.2) is 0 Å². The molecule has 5 nitrogen and oxygen atoms in total. The Balaban J connectivity index is 1.36. The number of hydrogen-bond acceptors (Lipinski definition) is 4. The number of nitrogens with two attached hydrogens (primary N) is 1. The lowest BCUT2D eigenvalue weighted by Crippen LogP contribution is -2.45. The Labute approximate surface area is 250 Å². The van der Waals surface area contributed by atoms with Crippen molar-refractivity contribution >= 4 is 22.5 Å². The van der Waals surface area contributed by atoms with E-state index in [1.807, 2.05) is 6.07 Å². The van der Waals surface area contributed by atoms with Crippen molar-refractivity contribution < 1.29 is 17.9 Å². The summed E-state index contributed by atoms with van der Waals surface area (Å²) in [6.07, 6.45) is -0.548. The molecule has 3 aromatic carbocycles. The average Bonchev–Trinajstić information content (AvgIpc) is 3.31. The molecule has 5 rings (SSSR count). The SMILES string of the molecule is CCCCn1cc(-c2ccc(OC(F)(F)F)cc2CN)c2cc(CN3CCN(Cc4ccc(C)cc4Cl)CC3)ccc21. The van der Waals surface area contributed by atoms with Gasteiger partial charge in [-0.3, -0.25) is 9.80 Å². The molecule has 0 radical (unpaired) electrons. The van der Waals surface area contributed by atoms with Crippen LogP contribution in [0.4, 0.5) is 13.2 Å². The van der Waals surface area contributed by atoms with Crippen LogP contribution in [-0.4, -0.2) is 46.9 Å². The third kappa shape index (κ3) is 7.29. The molecule has 42 heavy (non-hydrogen) atoms. The Morgan fingerprint density at radius 2 is 1.62 bits per heavy atom. The van der Waals surface area contributed by atoms with Crippen molar-refractivity contribution in [2.24, 2.45) is 5.73 Å². The fourth-order valence-electron chi connectivity index (χ4n) is 5.75. The summed E-state index contributed by atoms with van der Waals surface area (Å²) in [5, 5.41) is 1.91. The minimum atomic E-state index is -4.75. The summed E-state index contributed by atoms with van der Waals surface area (Å²) >= 11 is 6.47. The second-order valence-electron chi connectivity index (χ2n) is 11.2. The van der Waals surface area contributed by atoms with E-state index >= 15 is 0 Å². The third-order valence-electron chi connectivity index (χ3n) is 7.99. The molecular formula is C33H38ClF3N4O. The molecule has 1 fully saturated rings. The summed E-state index contributed by atoms with van der Waals surface area (Å²) in [6.45, 7) is 10.7. The predicted octanol–water partition coefficient (Wildman–Crippen LogP) is 7.75. The second kappa shape index (κ2) is 13.1. The van der Waals surface area contributed by atoms with Crippen LogP contribution in [0.2, 0.25) is 5.02 Å². The standard InChI is InChI=1S/C33H38ClF3N4O/c1-3-4-11-41-22-30(28-9-8-27(18-26(28)19-38)42-33(35,36)37)29-17-24(6-10-32(29)41)20-39-12-14-40(15-13-39)21-25-7-5-23(2)16-31(25)34/h5-10,16-18,22H,3-4,11-15,19-21,38H2,1-2H3. The molecule has 2 N–H and O–H groups in total. The quantitative estimate of drug-likeness (QED) is 0.203. The van der Waals surface area contributed by atoms with Gasteiger partial charge in [-0.1, -0.05) is 49.2 Å². The minimum Gasteiger partial charge on any atom is -0.406 e. The number of halogens is 4. The van der Waals surface area contributed by atoms with Gasteiger partial charge in [-0.15, -0.1) is 13.2 Å². The maximum atomic E-state index is 12.8. The zero-order valence-electron chi connectivity index (χ0n) is 24.2. The van der Waals surface area contributed by atoms with E-state index in [-0.39, 0.29) is 12.3 Å². The Kier molecular flexibility index (Phi) is 9.47. The topological polar surface area (TPSA) is 46.7 Å². The average molecular weight is 599 g/mol. The molecule has 0 amide bonds. The van der Waals surface area contributed by atoms with Crippen molar-refractivity contribution in [3.8, 4) is 16.9 Å². The van der Waals surface area contributed by atoms with E-state index in [9.17, 15) is 13.2 Å². The van der Waals surface area contributed by atoms with Crippen LogP contribution < -0.4 is 10.5 Å². The van der Waals surface area contributed by atoms with E-state index in [2.05, 4.69) is 69.5 Å². The predicted molar refractivity (Wildman–Crippen MR) is 164 cm³/mol. The lowest BCUT2D eigenvalue weighted by atomic mass is 9.98. The van der Waals surface area contributed by atoms with Gasteiger partial charge in [-0.05, 0) is 71.5 Å². The Hall–Kier alpha value is -3.04. The monoisotopic (exact) mass is 598 g/mol. The molecule has 0 atom stereocenters. The molecule has 1 aliphatic heterocycles. The van der Waals surface area contributed by atoms with Gasteiger partial charge in [-0.2, -0.15) is 0 Å². The summed E-state index contributed by atoms with van der Waals surface area (Å²) in [4.78, 5) is 4.92. The summed E-state index contributed by atoms with van der Waals surface area (Å²) in [5.74, 6) is -0.258. The van der Waals surface area contributed by atoms with E-state index in [1.54, 1.807) is 6.07 Å². The van der Waals surface area contributed by atoms with Crippen LogP contribution in [0.3, 0.4) is 0 Å². The summed E-state index contributed by atoms with van der Waals surface area (Å²) in [7, 11) is 0. The number of benzene rings is 3. The molecule has 1 saturated heterocycles. The van der Waals surface area contributed by atoms with E-state index in [1.165, 1.54) is 23.3 Å². The zero-order valence-corrected chi connectivity index (χ0v) is 24.9. The fourth-order valence-corrected chi connectivity index (χ4v) is 6.05. The number of aryl methyl sites for hydroxylation is 2. The number of hydrogen-bond donors (Lipinski definition) is 1. The number of fused-ring (bicyclic) bond motifs is 1. The van der Waals surface area contributed by atoms with Gasteiger partial charge in [0.1, 0.15) is 5.75 Å². The first-order chi connectivity index (χ1) is 20.1. The van der Waals surface area contributed by atoms with Gasteiger partial charge in [0.15, 0.2) is 0 Å². The van der Waals surface area contributed by atoms with Crippen LogP contribution >= 0.6 is 11.6 Å². The van der Waals surface area contributed by atoms with Crippen LogP contribution in [-0.2, 0) is 26.2 Å². The van der Waals surface area contributed by atoms with Crippen LogP contribution in [0.5, 0.6) is 5.75 Å². The number of aromatic nitrogens is 1. The molecule has 4 aromatic rings. The van der Waals surface area contributed by atoms with Crippen LogP contribution in [0.25, 0.3) is 22.0 Å². The Morgan fingerprint density at radius 1 is 0.881 bits per heavy atom. The van der Waals surface area contributed by atoms with Crippen molar-refractivity contribution in [2.45, 2.75) is 59.2 Å². The summed E-state index contributed by atoms with van der Waals surface area (Å²) in [6, 6.07) is 17.3. The third-order valence-corrected chi connectivity index (χ3v) is 8.34. The molecule has 2 heterocycles. The number of ether oxygens (including phenoxy) is 1. The first kappa shape index (κ1) is 30.4. The van der Waals surface area contributed by atoms with Crippen molar-refractivity contribution in [3.63, 3.8) is 0 Å². The van der Waals surface area contributed by atoms with Gasteiger partial charge in [0.25, 0.3) is 0 Å². The lowest BCUT2D eigenvalue weighted by Gasteiger charge is -2.35. The minimum absolute atomic E-state index is 0.101. The number of nitrogens with zero attached hydrogens (tertiary/aromatic N) is 3. The molecule has 0 aliphatic carbocycles. The molecule has 9 heteroatoms. The number of piperazine rings is 1. The van der Waals surface area contributed by atoms with Gasteiger partial charge >= 0.3 is 6.36 Å². The maximum absolute atomic E-state index is 12.8. The number of unbranched alkanes of at least 4 members (excludes halogenated alkanes) is 1. The molecule has 0 saturated carbocycles. The Bertz CT molecular complexity index is 1530. The zero-order chi connectivity index (χ0) is 29.9. The van der Waals surface area contributed by atoms with E-state index < -0.39 is 6.36 Å². The molecule has 1 aromatic heterocycles. The normalized spacial score (nSPS) is 15.0. The smallest absolute Gasteiger partial charge is 0.406 e. The second-order valence-corrected chi connectivity index (χ2v) is 11.6. The highest BCUT2D eigenvalue weighted by atomic mass is 35.5. The summed E-state index contributed by atoms with van der Waals surface area (Å²) < 4.78 is 44.9. The van der Waals surface area contributed by atoms with Crippen LogP contribution in [0.1, 0.15) is 42.0 Å². The van der Waals surface area contributed by atoms with E-state index in [0.717, 1.165) is 91.3 Å². The first-order valence-corrected chi connectivity index (χ1v) is 14.9. The Morgan fingerprint density at radius 3 is 2.29 bits per heavy atom. The van der Waals surface area contributed by atoms with Gasteiger partial charge in [0.2, 0.25) is 0 Å². The molecule has 0 unspecified atom stereocenters. The molecule has 0 bridgehead atoms. The van der Waals surface area contributed by atoms with Crippen molar-refractivity contribution in [3.05, 3.63) is 88.1 Å². The molecule has 224 valence electrons. The number of alkyl halides is 3. The van der Waals surface area contributed by atoms with Crippen molar-refractivity contribution in [1.29, 1.82) is 0 Å². The first-order valence-electron chi connectivity index (χ1n) is 14.5. The highest BCUT2D eigenvalue weighted by Gasteiger charge is 2.31. The highest BCUT2D eigenvalue weighted by Crippen LogP contribution is 2.36. The van der Waals surface area contributed by atoms with E-state index in [4.69, 9.17) is 17.3 Å². The fraction of sp³-hybridized carbons (Fsp3) is 0.394. The van der Waals surface area contributed by atoms with E-state index in [0.29, 0.717) is 5.56 Å². The molecule has 1 aliphatic rings. The van der Waals surface area contributed by atoms with Gasteiger partial charge in [0.05, 0.1) is 0 Å². The van der Waals surface area contributed by atoms with Crippen LogP contribution in [0, 0.1) is 6.92 Å². The van der Waals surface area contributed by atoms with Crippen molar-refractivity contribution in [2.75, 3.05) is 26.2 Å². The van der Waals surface area contributed by atoms with Gasteiger partial charge < -0.3 is 15.0 Å². The lowest BCUT2D eigenvalue weighted by molar-refractivity contribution is -0.274. The van der Waals surface area contributed by atoms with Gasteiger partial charge in [0, 0.05) is 80.0 Å². The maximum Gasteiger partial charge on any atom is 0.573 e. The number of rotatable bonds is 10.